The summed E-state index contributed by atoms with van der Waals surface area (Å²) in [6.45, 7) is 1.47. The molecule has 0 atom stereocenters. The number of benzene rings is 1. The van der Waals surface area contributed by atoms with Gasteiger partial charge in [-0.3, -0.25) is 15.0 Å². The maximum absolute atomic E-state index is 14.4. The lowest BCUT2D eigenvalue weighted by Crippen LogP contribution is -2.46. The van der Waals surface area contributed by atoms with Gasteiger partial charge in [0, 0.05) is 5.39 Å². The van der Waals surface area contributed by atoms with Crippen LogP contribution in [0.3, 0.4) is 0 Å². The van der Waals surface area contributed by atoms with E-state index in [1.54, 1.807) is 19.2 Å². The van der Waals surface area contributed by atoms with E-state index in [9.17, 15) is 9.18 Å². The molecule has 3 rings (SSSR count). The number of halogens is 1. The zero-order valence-electron chi connectivity index (χ0n) is 14.8. The van der Waals surface area contributed by atoms with Gasteiger partial charge < -0.3 is 10.1 Å². The van der Waals surface area contributed by atoms with Gasteiger partial charge >= 0.3 is 0 Å². The number of amides is 1. The number of aromatic nitrogens is 1. The minimum Gasteiger partial charge on any atom is -0.497 e. The minimum atomic E-state index is -0.600. The Hall–Kier alpha value is -2.25. The molecular formula is C19H24FN3O3. The van der Waals surface area contributed by atoms with Crippen molar-refractivity contribution in [1.29, 1.82) is 0 Å². The van der Waals surface area contributed by atoms with E-state index < -0.39 is 5.41 Å². The van der Waals surface area contributed by atoms with Crippen LogP contribution in [0.5, 0.6) is 5.75 Å². The number of pyridine rings is 1. The Balaban J connectivity index is 1.80. The van der Waals surface area contributed by atoms with Gasteiger partial charge in [-0.05, 0) is 69.0 Å². The Morgan fingerprint density at radius 1 is 1.42 bits per heavy atom. The Bertz CT molecular complexity index is 791. The Labute approximate surface area is 151 Å². The van der Waals surface area contributed by atoms with Gasteiger partial charge in [0.05, 0.1) is 24.2 Å². The minimum absolute atomic E-state index is 0.347. The van der Waals surface area contributed by atoms with E-state index in [1.165, 1.54) is 6.20 Å². The molecule has 1 aliphatic heterocycles. The highest BCUT2D eigenvalue weighted by molar-refractivity contribution is 5.84. The Morgan fingerprint density at radius 2 is 2.19 bits per heavy atom. The molecule has 2 heterocycles. The first kappa shape index (κ1) is 18.5. The lowest BCUT2D eigenvalue weighted by Gasteiger charge is -2.35. The summed E-state index contributed by atoms with van der Waals surface area (Å²) in [6.07, 6.45) is 4.28. The molecule has 1 amide bonds. The van der Waals surface area contributed by atoms with E-state index in [-0.39, 0.29) is 11.7 Å². The molecule has 7 heteroatoms. The van der Waals surface area contributed by atoms with Crippen LogP contribution in [0, 0.1) is 11.2 Å². The lowest BCUT2D eigenvalue weighted by atomic mass is 9.74. The molecule has 0 bridgehead atoms. The third-order valence-electron chi connectivity index (χ3n) is 5.36. The van der Waals surface area contributed by atoms with E-state index in [4.69, 9.17) is 9.94 Å². The second-order valence-electron chi connectivity index (χ2n) is 6.79. The molecule has 26 heavy (non-hydrogen) atoms. The van der Waals surface area contributed by atoms with E-state index in [1.807, 2.05) is 11.5 Å². The van der Waals surface area contributed by atoms with Crippen molar-refractivity contribution in [3.63, 3.8) is 0 Å². The van der Waals surface area contributed by atoms with Crippen molar-refractivity contribution in [2.45, 2.75) is 32.1 Å². The van der Waals surface area contributed by atoms with Gasteiger partial charge in [0.2, 0.25) is 5.91 Å². The highest BCUT2D eigenvalue weighted by atomic mass is 19.1. The van der Waals surface area contributed by atoms with Crippen molar-refractivity contribution in [3.8, 4) is 5.75 Å². The number of methoxy groups -OCH3 is 1. The molecule has 0 unspecified atom stereocenters. The standard InChI is InChI=1S/C19H24FN3O3/c1-26-13-4-5-17-15(11-13)14(16(20)12-22-17)3-2-6-19(18(24)23-25)7-9-21-10-8-19/h4-5,11-12,21,25H,2-3,6-10H2,1H3,(H,23,24). The number of carbonyl (C=O) groups is 1. The monoisotopic (exact) mass is 361 g/mol. The summed E-state index contributed by atoms with van der Waals surface area (Å²) in [4.78, 5) is 16.3. The summed E-state index contributed by atoms with van der Waals surface area (Å²) >= 11 is 0. The molecule has 1 saturated heterocycles. The van der Waals surface area contributed by atoms with Gasteiger partial charge in [0.1, 0.15) is 11.6 Å². The number of hydrogen-bond acceptors (Lipinski definition) is 5. The maximum Gasteiger partial charge on any atom is 0.249 e. The summed E-state index contributed by atoms with van der Waals surface area (Å²) in [6, 6.07) is 5.40. The average Bonchev–Trinajstić information content (AvgIpc) is 2.69. The summed E-state index contributed by atoms with van der Waals surface area (Å²) in [7, 11) is 1.57. The summed E-state index contributed by atoms with van der Waals surface area (Å²) in [5.41, 5.74) is 2.51. The summed E-state index contributed by atoms with van der Waals surface area (Å²) < 4.78 is 19.6. The van der Waals surface area contributed by atoms with Crippen LogP contribution < -0.4 is 15.5 Å². The normalized spacial score (nSPS) is 16.4. The smallest absolute Gasteiger partial charge is 0.249 e. The SMILES string of the molecule is COc1ccc2ncc(F)c(CCCC3(C(=O)NO)CCNCC3)c2c1. The molecule has 6 nitrogen and oxygen atoms in total. The van der Waals surface area contributed by atoms with Crippen molar-refractivity contribution in [2.24, 2.45) is 5.41 Å². The summed E-state index contributed by atoms with van der Waals surface area (Å²) in [5, 5.41) is 13.1. The quantitative estimate of drug-likeness (QED) is 0.544. The van der Waals surface area contributed by atoms with Crippen molar-refractivity contribution >= 4 is 16.8 Å². The van der Waals surface area contributed by atoms with E-state index in [0.29, 0.717) is 48.9 Å². The first-order valence-electron chi connectivity index (χ1n) is 8.86. The number of carbonyl (C=O) groups excluding carboxylic acids is 1. The van der Waals surface area contributed by atoms with Crippen molar-refractivity contribution in [3.05, 3.63) is 35.8 Å². The number of fused-ring (bicyclic) bond motifs is 1. The third-order valence-corrected chi connectivity index (χ3v) is 5.36. The number of aryl methyl sites for hydroxylation is 1. The molecule has 0 spiro atoms. The van der Waals surface area contributed by atoms with Crippen LogP contribution in [0.15, 0.2) is 24.4 Å². The van der Waals surface area contributed by atoms with Crippen LogP contribution in [0.25, 0.3) is 10.9 Å². The predicted octanol–water partition coefficient (Wildman–Crippen LogP) is 2.58. The van der Waals surface area contributed by atoms with Gasteiger partial charge in [-0.25, -0.2) is 9.87 Å². The molecule has 1 aliphatic rings. The third kappa shape index (κ3) is 3.64. The molecule has 1 aromatic carbocycles. The van der Waals surface area contributed by atoms with Crippen molar-refractivity contribution < 1.29 is 19.1 Å². The molecule has 2 aromatic rings. The highest BCUT2D eigenvalue weighted by Crippen LogP contribution is 2.35. The first-order chi connectivity index (χ1) is 12.6. The second-order valence-corrected chi connectivity index (χ2v) is 6.79. The van der Waals surface area contributed by atoms with Gasteiger partial charge in [0.25, 0.3) is 0 Å². The number of nitrogens with zero attached hydrogens (tertiary/aromatic N) is 1. The zero-order valence-corrected chi connectivity index (χ0v) is 14.8. The zero-order chi connectivity index (χ0) is 18.6. The second kappa shape index (κ2) is 7.97. The molecule has 0 radical (unpaired) electrons. The van der Waals surface area contributed by atoms with Crippen LogP contribution in [0.2, 0.25) is 0 Å². The largest absolute Gasteiger partial charge is 0.497 e. The maximum atomic E-state index is 14.4. The molecule has 0 aliphatic carbocycles. The fourth-order valence-electron chi connectivity index (χ4n) is 3.80. The van der Waals surface area contributed by atoms with Crippen LogP contribution >= 0.6 is 0 Å². The molecule has 140 valence electrons. The van der Waals surface area contributed by atoms with Gasteiger partial charge in [-0.2, -0.15) is 0 Å². The molecule has 3 N–H and O–H groups in total. The van der Waals surface area contributed by atoms with E-state index in [2.05, 4.69) is 10.3 Å². The molecule has 1 fully saturated rings. The number of rotatable bonds is 6. The number of hydroxylamine groups is 1. The molecule has 0 saturated carbocycles. The summed E-state index contributed by atoms with van der Waals surface area (Å²) in [5.74, 6) is -0.0434. The van der Waals surface area contributed by atoms with Gasteiger partial charge in [-0.1, -0.05) is 0 Å². The number of ether oxygens (including phenoxy) is 1. The fraction of sp³-hybridized carbons (Fsp3) is 0.474. The predicted molar refractivity (Wildman–Crippen MR) is 95.7 cm³/mol. The first-order valence-corrected chi connectivity index (χ1v) is 8.86. The average molecular weight is 361 g/mol. The number of piperidine rings is 1. The molecular weight excluding hydrogens is 337 g/mol. The van der Waals surface area contributed by atoms with Crippen LogP contribution in [-0.4, -0.2) is 36.3 Å². The van der Waals surface area contributed by atoms with Crippen molar-refractivity contribution in [2.75, 3.05) is 20.2 Å². The van der Waals surface area contributed by atoms with E-state index in [0.717, 1.165) is 18.5 Å². The Morgan fingerprint density at radius 3 is 2.88 bits per heavy atom. The fourth-order valence-corrected chi connectivity index (χ4v) is 3.80. The van der Waals surface area contributed by atoms with Crippen LogP contribution in [0.1, 0.15) is 31.2 Å². The highest BCUT2D eigenvalue weighted by Gasteiger charge is 2.38. The van der Waals surface area contributed by atoms with Crippen molar-refractivity contribution in [1.82, 2.24) is 15.8 Å². The van der Waals surface area contributed by atoms with Crippen LogP contribution in [-0.2, 0) is 11.2 Å². The number of nitrogens with one attached hydrogen (secondary N) is 2. The Kier molecular flexibility index (Phi) is 5.68. The number of hydrogen-bond donors (Lipinski definition) is 3. The van der Waals surface area contributed by atoms with Crippen LogP contribution in [0.4, 0.5) is 4.39 Å². The molecule has 1 aromatic heterocycles. The van der Waals surface area contributed by atoms with Gasteiger partial charge in [-0.15, -0.1) is 0 Å². The topological polar surface area (TPSA) is 83.5 Å². The van der Waals surface area contributed by atoms with Gasteiger partial charge in [0.15, 0.2) is 0 Å². The van der Waals surface area contributed by atoms with E-state index >= 15 is 0 Å². The lowest BCUT2D eigenvalue weighted by molar-refractivity contribution is -0.142.